The van der Waals surface area contributed by atoms with E-state index in [0.29, 0.717) is 0 Å². The molecule has 2 atom stereocenters. The van der Waals surface area contributed by atoms with Gasteiger partial charge in [-0.2, -0.15) is 0 Å². The Morgan fingerprint density at radius 1 is 0.323 bits per heavy atom. The van der Waals surface area contributed by atoms with E-state index in [0.717, 1.165) is 49.9 Å². The summed E-state index contributed by atoms with van der Waals surface area (Å²) in [5.41, 5.74) is 16.3. The van der Waals surface area contributed by atoms with E-state index >= 15 is 0 Å². The third-order valence-electron chi connectivity index (χ3n) is 12.6. The highest BCUT2D eigenvalue weighted by Crippen LogP contribution is 2.61. The maximum absolute atomic E-state index is 5.10. The molecule has 0 N–H and O–H groups in total. The van der Waals surface area contributed by atoms with Crippen molar-refractivity contribution in [1.82, 2.24) is 9.97 Å². The molecule has 292 valence electrons. The minimum Gasteiger partial charge on any atom is -0.248 e. The van der Waals surface area contributed by atoms with Crippen LogP contribution in [0, 0.1) is 0 Å². The summed E-state index contributed by atoms with van der Waals surface area (Å²) in [6, 6.07) is 87.8. The minimum atomic E-state index is -0.664. The van der Waals surface area contributed by atoms with Gasteiger partial charge in [-0.15, -0.1) is 0 Å². The van der Waals surface area contributed by atoms with E-state index in [-0.39, 0.29) is 5.92 Å². The van der Waals surface area contributed by atoms with Gasteiger partial charge in [0.25, 0.3) is 0 Å². The van der Waals surface area contributed by atoms with Crippen LogP contribution in [0.3, 0.4) is 0 Å². The maximum Gasteiger partial charge on any atom is 0.0709 e. The number of aromatic nitrogens is 2. The lowest BCUT2D eigenvalue weighted by molar-refractivity contribution is 0.587. The zero-order chi connectivity index (χ0) is 41.3. The van der Waals surface area contributed by atoms with Gasteiger partial charge in [0.15, 0.2) is 0 Å². The predicted octanol–water partition coefficient (Wildman–Crippen LogP) is 14.9. The Balaban J connectivity index is 1.19. The summed E-state index contributed by atoms with van der Waals surface area (Å²) in [4.78, 5) is 10.2. The molecule has 2 heteroatoms. The van der Waals surface area contributed by atoms with Gasteiger partial charge in [0.2, 0.25) is 0 Å². The van der Waals surface area contributed by atoms with Gasteiger partial charge in [-0.1, -0.05) is 224 Å². The fourth-order valence-corrected chi connectivity index (χ4v) is 9.68. The topological polar surface area (TPSA) is 25.8 Å². The van der Waals surface area contributed by atoms with Gasteiger partial charge in [-0.3, -0.25) is 0 Å². The van der Waals surface area contributed by atoms with E-state index in [9.17, 15) is 0 Å². The first-order valence-corrected chi connectivity index (χ1v) is 21.4. The molecule has 2 unspecified atom stereocenters. The zero-order valence-corrected chi connectivity index (χ0v) is 34.1. The number of benzene rings is 8. The first-order chi connectivity index (χ1) is 30.7. The Hall–Kier alpha value is -7.94. The molecule has 0 saturated carbocycles. The van der Waals surface area contributed by atoms with E-state index in [1.165, 1.54) is 44.5 Å². The first kappa shape index (κ1) is 37.1. The van der Waals surface area contributed by atoms with Crippen LogP contribution in [0.5, 0.6) is 0 Å². The SMILES string of the molecule is C1=C(c2ccc(-c3ccc4ccccc4n3)cc2)C(c2ccccc2)=C(c2ccccc2)C(c2ccccc2)(c2ccc(-c3ccc4ccccc4n3)cc2)C1c1ccccc1. The molecule has 11 rings (SSSR count). The van der Waals surface area contributed by atoms with Gasteiger partial charge in [-0.05, 0) is 74.4 Å². The molecule has 0 spiro atoms. The lowest BCUT2D eigenvalue weighted by Gasteiger charge is -2.48. The van der Waals surface area contributed by atoms with Crippen molar-refractivity contribution in [2.45, 2.75) is 11.3 Å². The summed E-state index contributed by atoms with van der Waals surface area (Å²) >= 11 is 0. The molecule has 8 aromatic carbocycles. The lowest BCUT2D eigenvalue weighted by atomic mass is 9.53. The van der Waals surface area contributed by atoms with Gasteiger partial charge in [0.05, 0.1) is 27.8 Å². The van der Waals surface area contributed by atoms with Gasteiger partial charge in [0, 0.05) is 27.8 Å². The van der Waals surface area contributed by atoms with Crippen LogP contribution in [0.2, 0.25) is 0 Å². The normalized spacial score (nSPS) is 16.3. The van der Waals surface area contributed by atoms with Crippen LogP contribution in [-0.2, 0) is 5.41 Å². The van der Waals surface area contributed by atoms with Crippen molar-refractivity contribution in [2.24, 2.45) is 0 Å². The molecule has 1 aliphatic carbocycles. The maximum atomic E-state index is 5.10. The van der Waals surface area contributed by atoms with Crippen molar-refractivity contribution >= 4 is 38.5 Å². The average molecular weight is 791 g/mol. The van der Waals surface area contributed by atoms with Gasteiger partial charge in [-0.25, -0.2) is 9.97 Å². The number of rotatable bonds is 8. The number of allylic oxidation sites excluding steroid dienone is 4. The molecule has 0 bridgehead atoms. The summed E-state index contributed by atoms with van der Waals surface area (Å²) in [7, 11) is 0. The summed E-state index contributed by atoms with van der Waals surface area (Å²) in [5, 5.41) is 2.28. The molecule has 0 amide bonds. The predicted molar refractivity (Wildman–Crippen MR) is 258 cm³/mol. The lowest BCUT2D eigenvalue weighted by Crippen LogP contribution is -2.38. The Morgan fingerprint density at radius 2 is 0.758 bits per heavy atom. The fourth-order valence-electron chi connectivity index (χ4n) is 9.68. The highest BCUT2D eigenvalue weighted by Gasteiger charge is 2.50. The molecular formula is C60H42N2. The second-order valence-electron chi connectivity index (χ2n) is 16.1. The standard InChI is InChI=1S/C60H42N2/c1-5-17-43(18-6-1)53-41-52(42-29-31-46(32-30-42)56-39-35-44-19-13-15-27-54(44)61-56)58(48-21-7-2-8-22-48)59(49-23-9-3-10-24-49)60(53,50-25-11-4-12-26-50)51-37-33-47(34-38-51)57-40-36-45-20-14-16-28-55(45)62-57/h1-41,53H. The summed E-state index contributed by atoms with van der Waals surface area (Å²) < 4.78 is 0. The van der Waals surface area contributed by atoms with E-state index in [2.05, 4.69) is 249 Å². The van der Waals surface area contributed by atoms with Crippen LogP contribution in [0.1, 0.15) is 39.3 Å². The Labute approximate surface area is 362 Å². The Morgan fingerprint density at radius 3 is 1.32 bits per heavy atom. The van der Waals surface area contributed by atoms with E-state index < -0.39 is 5.41 Å². The molecule has 2 heterocycles. The van der Waals surface area contributed by atoms with Crippen LogP contribution in [-0.4, -0.2) is 9.97 Å². The molecular weight excluding hydrogens is 749 g/mol. The quantitative estimate of drug-likeness (QED) is 0.153. The van der Waals surface area contributed by atoms with Gasteiger partial charge >= 0.3 is 0 Å². The number of fused-ring (bicyclic) bond motifs is 2. The van der Waals surface area contributed by atoms with Crippen molar-refractivity contribution in [2.75, 3.05) is 0 Å². The molecule has 0 aliphatic heterocycles. The fraction of sp³-hybridized carbons (Fsp3) is 0.0333. The molecule has 10 aromatic rings. The third-order valence-corrected chi connectivity index (χ3v) is 12.6. The number of para-hydroxylation sites is 2. The second-order valence-corrected chi connectivity index (χ2v) is 16.1. The number of hydrogen-bond donors (Lipinski definition) is 0. The summed E-state index contributed by atoms with van der Waals surface area (Å²) in [6.07, 6.45) is 2.55. The van der Waals surface area contributed by atoms with Crippen molar-refractivity contribution in [3.8, 4) is 22.5 Å². The second kappa shape index (κ2) is 15.9. The van der Waals surface area contributed by atoms with E-state index in [1.807, 2.05) is 0 Å². The molecule has 2 nitrogen and oxygen atoms in total. The summed E-state index contributed by atoms with van der Waals surface area (Å²) in [6.45, 7) is 0. The number of nitrogens with zero attached hydrogens (tertiary/aromatic N) is 2. The highest BCUT2D eigenvalue weighted by molar-refractivity contribution is 6.19. The molecule has 62 heavy (non-hydrogen) atoms. The third kappa shape index (κ3) is 6.54. The molecule has 1 aliphatic rings. The molecule has 2 aromatic heterocycles. The first-order valence-electron chi connectivity index (χ1n) is 21.4. The monoisotopic (exact) mass is 790 g/mol. The van der Waals surface area contributed by atoms with Crippen LogP contribution >= 0.6 is 0 Å². The Bertz CT molecular complexity index is 3250. The van der Waals surface area contributed by atoms with Crippen LogP contribution in [0.15, 0.2) is 249 Å². The van der Waals surface area contributed by atoms with Crippen LogP contribution in [0.4, 0.5) is 0 Å². The molecule has 0 radical (unpaired) electrons. The number of hydrogen-bond acceptors (Lipinski definition) is 2. The van der Waals surface area contributed by atoms with Crippen molar-refractivity contribution in [3.05, 3.63) is 282 Å². The Kier molecular flexibility index (Phi) is 9.52. The van der Waals surface area contributed by atoms with Crippen molar-refractivity contribution < 1.29 is 0 Å². The van der Waals surface area contributed by atoms with Crippen LogP contribution in [0.25, 0.3) is 61.0 Å². The zero-order valence-electron chi connectivity index (χ0n) is 34.1. The molecule has 0 saturated heterocycles. The molecule has 0 fully saturated rings. The van der Waals surface area contributed by atoms with Crippen LogP contribution < -0.4 is 0 Å². The average Bonchev–Trinajstić information content (AvgIpc) is 3.36. The van der Waals surface area contributed by atoms with Gasteiger partial charge < -0.3 is 0 Å². The largest absolute Gasteiger partial charge is 0.248 e. The van der Waals surface area contributed by atoms with Crippen molar-refractivity contribution in [1.29, 1.82) is 0 Å². The highest BCUT2D eigenvalue weighted by atomic mass is 14.7. The minimum absolute atomic E-state index is 0.102. The summed E-state index contributed by atoms with van der Waals surface area (Å²) in [5.74, 6) is -0.102. The van der Waals surface area contributed by atoms with E-state index in [4.69, 9.17) is 9.97 Å². The number of pyridine rings is 2. The smallest absolute Gasteiger partial charge is 0.0709 e. The van der Waals surface area contributed by atoms with Crippen molar-refractivity contribution in [3.63, 3.8) is 0 Å². The van der Waals surface area contributed by atoms with Gasteiger partial charge in [0.1, 0.15) is 0 Å². The van der Waals surface area contributed by atoms with E-state index in [1.54, 1.807) is 0 Å².